The summed E-state index contributed by atoms with van der Waals surface area (Å²) in [5, 5.41) is 8.80. The summed E-state index contributed by atoms with van der Waals surface area (Å²) in [7, 11) is 1.39. The molecule has 1 atom stereocenters. The number of methoxy groups -OCH3 is 1. The molecule has 1 unspecified atom stereocenters. The van der Waals surface area contributed by atoms with Crippen molar-refractivity contribution in [3.8, 4) is 11.8 Å². The SMILES string of the molecule is CCN(CC(C)C#N)C(=O)c1c(F)cccc1OC. The van der Waals surface area contributed by atoms with Crippen LogP contribution in [0.5, 0.6) is 5.75 Å². The molecule has 0 aliphatic heterocycles. The Labute approximate surface area is 112 Å². The Morgan fingerprint density at radius 3 is 2.79 bits per heavy atom. The van der Waals surface area contributed by atoms with Gasteiger partial charge in [0.1, 0.15) is 17.1 Å². The minimum absolute atomic E-state index is 0.0861. The highest BCUT2D eigenvalue weighted by Crippen LogP contribution is 2.23. The van der Waals surface area contributed by atoms with E-state index in [-0.39, 0.29) is 23.8 Å². The Hall–Kier alpha value is -2.09. The average Bonchev–Trinajstić information content (AvgIpc) is 2.43. The summed E-state index contributed by atoms with van der Waals surface area (Å²) >= 11 is 0. The summed E-state index contributed by atoms with van der Waals surface area (Å²) in [5.74, 6) is -1.18. The van der Waals surface area contributed by atoms with Crippen molar-refractivity contribution in [2.45, 2.75) is 13.8 Å². The van der Waals surface area contributed by atoms with Crippen LogP contribution in [0.25, 0.3) is 0 Å². The number of nitrogens with zero attached hydrogens (tertiary/aromatic N) is 2. The van der Waals surface area contributed by atoms with E-state index in [0.29, 0.717) is 6.54 Å². The molecule has 1 aromatic carbocycles. The van der Waals surface area contributed by atoms with E-state index in [1.807, 2.05) is 0 Å². The van der Waals surface area contributed by atoms with Gasteiger partial charge in [0.15, 0.2) is 0 Å². The van der Waals surface area contributed by atoms with E-state index in [9.17, 15) is 9.18 Å². The molecule has 0 radical (unpaired) electrons. The smallest absolute Gasteiger partial charge is 0.260 e. The van der Waals surface area contributed by atoms with Gasteiger partial charge in [-0.1, -0.05) is 6.07 Å². The Morgan fingerprint density at radius 1 is 1.58 bits per heavy atom. The Morgan fingerprint density at radius 2 is 2.26 bits per heavy atom. The maximum absolute atomic E-state index is 13.8. The molecule has 0 spiro atoms. The van der Waals surface area contributed by atoms with Crippen LogP contribution in [0.4, 0.5) is 4.39 Å². The standard InChI is InChI=1S/C14H17FN2O2/c1-4-17(9-10(2)8-16)14(18)13-11(15)6-5-7-12(13)19-3/h5-7,10H,4,9H2,1-3H3. The molecule has 4 nitrogen and oxygen atoms in total. The quantitative estimate of drug-likeness (QED) is 0.820. The van der Waals surface area contributed by atoms with E-state index in [4.69, 9.17) is 10.00 Å². The van der Waals surface area contributed by atoms with Crippen molar-refractivity contribution in [3.05, 3.63) is 29.6 Å². The molecule has 1 aromatic rings. The zero-order valence-electron chi connectivity index (χ0n) is 11.3. The lowest BCUT2D eigenvalue weighted by atomic mass is 10.1. The lowest BCUT2D eigenvalue weighted by molar-refractivity contribution is 0.0744. The fourth-order valence-electron chi connectivity index (χ4n) is 1.77. The maximum Gasteiger partial charge on any atom is 0.260 e. The Kier molecular flexibility index (Phi) is 5.31. The largest absolute Gasteiger partial charge is 0.496 e. The van der Waals surface area contributed by atoms with E-state index in [1.165, 1.54) is 30.2 Å². The summed E-state index contributed by atoms with van der Waals surface area (Å²) < 4.78 is 18.8. The van der Waals surface area contributed by atoms with Gasteiger partial charge in [-0.2, -0.15) is 5.26 Å². The number of ether oxygens (including phenoxy) is 1. The molecule has 0 aromatic heterocycles. The molecular formula is C14H17FN2O2. The Balaban J connectivity index is 3.08. The van der Waals surface area contributed by atoms with Crippen LogP contribution in [0, 0.1) is 23.1 Å². The molecule has 0 aliphatic carbocycles. The normalized spacial score (nSPS) is 11.5. The third-order valence-electron chi connectivity index (χ3n) is 2.79. The predicted octanol–water partition coefficient (Wildman–Crippen LogP) is 2.46. The minimum Gasteiger partial charge on any atom is -0.496 e. The van der Waals surface area contributed by atoms with Gasteiger partial charge >= 0.3 is 0 Å². The fourth-order valence-corrected chi connectivity index (χ4v) is 1.77. The van der Waals surface area contributed by atoms with Crippen LogP contribution in [0.15, 0.2) is 18.2 Å². The molecule has 0 N–H and O–H groups in total. The number of carbonyl (C=O) groups excluding carboxylic acids is 1. The van der Waals surface area contributed by atoms with Crippen molar-refractivity contribution in [1.82, 2.24) is 4.90 Å². The molecule has 0 saturated carbocycles. The van der Waals surface area contributed by atoms with Crippen LogP contribution >= 0.6 is 0 Å². The molecule has 0 aliphatic rings. The van der Waals surface area contributed by atoms with Crippen molar-refractivity contribution < 1.29 is 13.9 Å². The van der Waals surface area contributed by atoms with Gasteiger partial charge < -0.3 is 9.64 Å². The van der Waals surface area contributed by atoms with Gasteiger partial charge in [-0.25, -0.2) is 4.39 Å². The number of nitriles is 1. The topological polar surface area (TPSA) is 53.3 Å². The summed E-state index contributed by atoms with van der Waals surface area (Å²) in [6, 6.07) is 6.30. The molecule has 1 amide bonds. The summed E-state index contributed by atoms with van der Waals surface area (Å²) in [5.41, 5.74) is -0.0861. The van der Waals surface area contributed by atoms with Crippen LogP contribution in [0.1, 0.15) is 24.2 Å². The number of benzene rings is 1. The molecule has 102 valence electrons. The number of amides is 1. The van der Waals surface area contributed by atoms with Gasteiger partial charge in [0, 0.05) is 13.1 Å². The first kappa shape index (κ1) is 15.0. The van der Waals surface area contributed by atoms with Crippen molar-refractivity contribution >= 4 is 5.91 Å². The highest BCUT2D eigenvalue weighted by molar-refractivity contribution is 5.97. The molecule has 5 heteroatoms. The first-order chi connectivity index (χ1) is 9.04. The molecule has 19 heavy (non-hydrogen) atoms. The van der Waals surface area contributed by atoms with E-state index in [0.717, 1.165) is 0 Å². The van der Waals surface area contributed by atoms with Gasteiger partial charge in [0.25, 0.3) is 5.91 Å². The second-order valence-corrected chi connectivity index (χ2v) is 4.19. The van der Waals surface area contributed by atoms with Gasteiger partial charge in [-0.15, -0.1) is 0 Å². The van der Waals surface area contributed by atoms with Crippen LogP contribution < -0.4 is 4.74 Å². The summed E-state index contributed by atoms with van der Waals surface area (Å²) in [6.07, 6.45) is 0. The fraction of sp³-hybridized carbons (Fsp3) is 0.429. The van der Waals surface area contributed by atoms with Crippen LogP contribution in [-0.2, 0) is 0 Å². The van der Waals surface area contributed by atoms with E-state index >= 15 is 0 Å². The second kappa shape index (κ2) is 6.74. The number of hydrogen-bond acceptors (Lipinski definition) is 3. The molecule has 0 fully saturated rings. The lowest BCUT2D eigenvalue weighted by Gasteiger charge is -2.23. The predicted molar refractivity (Wildman–Crippen MR) is 69.3 cm³/mol. The Bertz CT molecular complexity index is 497. The van der Waals surface area contributed by atoms with Crippen molar-refractivity contribution in [3.63, 3.8) is 0 Å². The van der Waals surface area contributed by atoms with Crippen LogP contribution in [0.2, 0.25) is 0 Å². The minimum atomic E-state index is -0.618. The van der Waals surface area contributed by atoms with E-state index in [1.54, 1.807) is 13.8 Å². The molecule has 0 bridgehead atoms. The summed E-state index contributed by atoms with van der Waals surface area (Å²) in [6.45, 7) is 4.18. The zero-order valence-corrected chi connectivity index (χ0v) is 11.3. The van der Waals surface area contributed by atoms with Gasteiger partial charge in [0.05, 0.1) is 19.1 Å². The number of halogens is 1. The third-order valence-corrected chi connectivity index (χ3v) is 2.79. The average molecular weight is 264 g/mol. The van der Waals surface area contributed by atoms with Crippen molar-refractivity contribution in [2.75, 3.05) is 20.2 Å². The molecular weight excluding hydrogens is 247 g/mol. The van der Waals surface area contributed by atoms with Crippen molar-refractivity contribution in [2.24, 2.45) is 5.92 Å². The van der Waals surface area contributed by atoms with Crippen LogP contribution in [0.3, 0.4) is 0 Å². The van der Waals surface area contributed by atoms with Gasteiger partial charge in [0.2, 0.25) is 0 Å². The number of hydrogen-bond donors (Lipinski definition) is 0. The van der Waals surface area contributed by atoms with E-state index < -0.39 is 11.7 Å². The zero-order chi connectivity index (χ0) is 14.4. The molecule has 0 saturated heterocycles. The number of carbonyl (C=O) groups is 1. The highest BCUT2D eigenvalue weighted by atomic mass is 19.1. The first-order valence-corrected chi connectivity index (χ1v) is 6.06. The third kappa shape index (κ3) is 3.44. The van der Waals surface area contributed by atoms with Crippen molar-refractivity contribution in [1.29, 1.82) is 5.26 Å². The lowest BCUT2D eigenvalue weighted by Crippen LogP contribution is -2.35. The second-order valence-electron chi connectivity index (χ2n) is 4.19. The first-order valence-electron chi connectivity index (χ1n) is 6.06. The molecule has 0 heterocycles. The van der Waals surface area contributed by atoms with E-state index in [2.05, 4.69) is 6.07 Å². The van der Waals surface area contributed by atoms with Crippen LogP contribution in [-0.4, -0.2) is 31.0 Å². The maximum atomic E-state index is 13.8. The highest BCUT2D eigenvalue weighted by Gasteiger charge is 2.23. The summed E-state index contributed by atoms with van der Waals surface area (Å²) in [4.78, 5) is 13.8. The van der Waals surface area contributed by atoms with Gasteiger partial charge in [-0.05, 0) is 26.0 Å². The molecule has 1 rings (SSSR count). The van der Waals surface area contributed by atoms with Gasteiger partial charge in [-0.3, -0.25) is 4.79 Å². The monoisotopic (exact) mass is 264 g/mol. The number of rotatable bonds is 5.